The van der Waals surface area contributed by atoms with Crippen LogP contribution in [0.5, 0.6) is 0 Å². The van der Waals surface area contributed by atoms with Crippen LogP contribution < -0.4 is 15.5 Å². The van der Waals surface area contributed by atoms with E-state index in [4.69, 9.17) is 0 Å². The molecule has 1 saturated heterocycles. The number of amides is 3. The molecular weight excluding hydrogens is 366 g/mol. The molecule has 1 atom stereocenters. The third-order valence-corrected chi connectivity index (χ3v) is 5.19. The van der Waals surface area contributed by atoms with Crippen LogP contribution in [0.1, 0.15) is 54.2 Å². The van der Waals surface area contributed by atoms with Crippen molar-refractivity contribution in [1.82, 2.24) is 10.6 Å². The minimum Gasteiger partial charge on any atom is -0.348 e. The highest BCUT2D eigenvalue weighted by atomic mass is 16.2. The third kappa shape index (κ3) is 5.22. The van der Waals surface area contributed by atoms with Crippen molar-refractivity contribution in [2.45, 2.75) is 39.2 Å². The largest absolute Gasteiger partial charge is 0.348 e. The van der Waals surface area contributed by atoms with E-state index in [1.165, 1.54) is 5.56 Å². The van der Waals surface area contributed by atoms with Gasteiger partial charge in [0.2, 0.25) is 11.8 Å². The van der Waals surface area contributed by atoms with Gasteiger partial charge in [-0.1, -0.05) is 31.2 Å². The standard InChI is InChI=1S/C23H27N3O3/c1-3-17-6-8-18(9-7-17)16(2)25-21(27)15-24-23(29)19-10-12-20(13-11-19)26-14-4-5-22(26)28/h6-13,16H,3-5,14-15H2,1-2H3,(H,24,29)(H,25,27). The molecule has 0 saturated carbocycles. The van der Waals surface area contributed by atoms with Crippen molar-refractivity contribution in [2.24, 2.45) is 0 Å². The summed E-state index contributed by atoms with van der Waals surface area (Å²) in [5, 5.41) is 5.53. The van der Waals surface area contributed by atoms with Crippen LogP contribution in [-0.2, 0) is 16.0 Å². The Hall–Kier alpha value is -3.15. The Labute approximate surface area is 171 Å². The van der Waals surface area contributed by atoms with E-state index in [2.05, 4.69) is 29.7 Å². The molecule has 2 N–H and O–H groups in total. The van der Waals surface area contributed by atoms with Gasteiger partial charge in [0.1, 0.15) is 0 Å². The number of hydrogen-bond acceptors (Lipinski definition) is 3. The third-order valence-electron chi connectivity index (χ3n) is 5.19. The van der Waals surface area contributed by atoms with Gasteiger partial charge in [-0.3, -0.25) is 14.4 Å². The molecule has 0 spiro atoms. The Kier molecular flexibility index (Phi) is 6.65. The van der Waals surface area contributed by atoms with Crippen molar-refractivity contribution in [3.8, 4) is 0 Å². The fourth-order valence-electron chi connectivity index (χ4n) is 3.39. The van der Waals surface area contributed by atoms with Crippen molar-refractivity contribution in [3.05, 3.63) is 65.2 Å². The van der Waals surface area contributed by atoms with Crippen LogP contribution in [-0.4, -0.2) is 30.8 Å². The van der Waals surface area contributed by atoms with Crippen LogP contribution in [0.15, 0.2) is 48.5 Å². The number of aryl methyl sites for hydroxylation is 1. The molecule has 1 aliphatic heterocycles. The molecule has 0 bridgehead atoms. The van der Waals surface area contributed by atoms with Gasteiger partial charge in [-0.05, 0) is 55.2 Å². The number of benzene rings is 2. The average Bonchev–Trinajstić information content (AvgIpc) is 3.18. The van der Waals surface area contributed by atoms with Gasteiger partial charge in [-0.2, -0.15) is 0 Å². The first-order valence-electron chi connectivity index (χ1n) is 10.0. The van der Waals surface area contributed by atoms with E-state index in [0.29, 0.717) is 18.5 Å². The minimum absolute atomic E-state index is 0.0947. The maximum atomic E-state index is 12.3. The van der Waals surface area contributed by atoms with Crippen molar-refractivity contribution < 1.29 is 14.4 Å². The first kappa shape index (κ1) is 20.6. The summed E-state index contributed by atoms with van der Waals surface area (Å²) in [6.45, 7) is 4.63. The topological polar surface area (TPSA) is 78.5 Å². The molecular formula is C23H27N3O3. The first-order chi connectivity index (χ1) is 14.0. The number of nitrogens with one attached hydrogen (secondary N) is 2. The van der Waals surface area contributed by atoms with E-state index < -0.39 is 0 Å². The second-order valence-corrected chi connectivity index (χ2v) is 7.26. The number of hydrogen-bond donors (Lipinski definition) is 2. The lowest BCUT2D eigenvalue weighted by atomic mass is 10.1. The van der Waals surface area contributed by atoms with E-state index in [1.807, 2.05) is 19.1 Å². The Bertz CT molecular complexity index is 875. The Morgan fingerprint density at radius 1 is 1.07 bits per heavy atom. The first-order valence-corrected chi connectivity index (χ1v) is 10.0. The van der Waals surface area contributed by atoms with Crippen LogP contribution in [0.25, 0.3) is 0 Å². The fourth-order valence-corrected chi connectivity index (χ4v) is 3.39. The van der Waals surface area contributed by atoms with E-state index in [-0.39, 0.29) is 30.3 Å². The van der Waals surface area contributed by atoms with Crippen molar-refractivity contribution in [3.63, 3.8) is 0 Å². The molecule has 0 aliphatic carbocycles. The van der Waals surface area contributed by atoms with Gasteiger partial charge >= 0.3 is 0 Å². The fraction of sp³-hybridized carbons (Fsp3) is 0.348. The summed E-state index contributed by atoms with van der Waals surface area (Å²) < 4.78 is 0. The van der Waals surface area contributed by atoms with Crippen LogP contribution in [0, 0.1) is 0 Å². The Morgan fingerprint density at radius 3 is 2.34 bits per heavy atom. The van der Waals surface area contributed by atoms with Gasteiger partial charge < -0.3 is 15.5 Å². The molecule has 2 aromatic carbocycles. The van der Waals surface area contributed by atoms with E-state index in [0.717, 1.165) is 24.1 Å². The SMILES string of the molecule is CCc1ccc(C(C)NC(=O)CNC(=O)c2ccc(N3CCCC3=O)cc2)cc1. The summed E-state index contributed by atoms with van der Waals surface area (Å²) in [4.78, 5) is 38.0. The predicted octanol–water partition coefficient (Wildman–Crippen LogP) is 2.98. The lowest BCUT2D eigenvalue weighted by Crippen LogP contribution is -2.38. The summed E-state index contributed by atoms with van der Waals surface area (Å²) in [5.41, 5.74) is 3.52. The van der Waals surface area contributed by atoms with Gasteiger partial charge in [0.05, 0.1) is 12.6 Å². The Morgan fingerprint density at radius 2 is 1.76 bits per heavy atom. The van der Waals surface area contributed by atoms with Crippen molar-refractivity contribution in [2.75, 3.05) is 18.0 Å². The molecule has 6 heteroatoms. The Balaban J connectivity index is 1.49. The van der Waals surface area contributed by atoms with Crippen molar-refractivity contribution in [1.29, 1.82) is 0 Å². The highest BCUT2D eigenvalue weighted by Gasteiger charge is 2.21. The van der Waals surface area contributed by atoms with Gasteiger partial charge in [0, 0.05) is 24.2 Å². The summed E-state index contributed by atoms with van der Waals surface area (Å²) in [6.07, 6.45) is 2.40. The van der Waals surface area contributed by atoms with Crippen LogP contribution in [0.2, 0.25) is 0 Å². The lowest BCUT2D eigenvalue weighted by Gasteiger charge is -2.16. The summed E-state index contributed by atoms with van der Waals surface area (Å²) >= 11 is 0. The quantitative estimate of drug-likeness (QED) is 0.759. The van der Waals surface area contributed by atoms with Crippen LogP contribution >= 0.6 is 0 Å². The van der Waals surface area contributed by atoms with Crippen LogP contribution in [0.4, 0.5) is 5.69 Å². The molecule has 0 aromatic heterocycles. The smallest absolute Gasteiger partial charge is 0.251 e. The maximum Gasteiger partial charge on any atom is 0.251 e. The second-order valence-electron chi connectivity index (χ2n) is 7.26. The van der Waals surface area contributed by atoms with Crippen molar-refractivity contribution >= 4 is 23.4 Å². The highest BCUT2D eigenvalue weighted by Crippen LogP contribution is 2.21. The molecule has 6 nitrogen and oxygen atoms in total. The second kappa shape index (κ2) is 9.37. The number of anilines is 1. The van der Waals surface area contributed by atoms with E-state index in [1.54, 1.807) is 29.2 Å². The van der Waals surface area contributed by atoms with E-state index in [9.17, 15) is 14.4 Å². The van der Waals surface area contributed by atoms with E-state index >= 15 is 0 Å². The molecule has 1 fully saturated rings. The normalized spacial score (nSPS) is 14.6. The molecule has 2 aromatic rings. The zero-order chi connectivity index (χ0) is 20.8. The summed E-state index contributed by atoms with van der Waals surface area (Å²) in [5.74, 6) is -0.457. The highest BCUT2D eigenvalue weighted by molar-refractivity contribution is 5.98. The summed E-state index contributed by atoms with van der Waals surface area (Å²) in [7, 11) is 0. The molecule has 3 amide bonds. The molecule has 1 aliphatic rings. The molecule has 152 valence electrons. The maximum absolute atomic E-state index is 12.3. The monoisotopic (exact) mass is 393 g/mol. The average molecular weight is 393 g/mol. The van der Waals surface area contributed by atoms with Gasteiger partial charge in [0.15, 0.2) is 0 Å². The molecule has 3 rings (SSSR count). The predicted molar refractivity (Wildman–Crippen MR) is 113 cm³/mol. The number of rotatable bonds is 7. The molecule has 0 radical (unpaired) electrons. The molecule has 1 unspecified atom stereocenters. The zero-order valence-corrected chi connectivity index (χ0v) is 16.9. The molecule has 1 heterocycles. The number of nitrogens with zero attached hydrogens (tertiary/aromatic N) is 1. The molecule has 29 heavy (non-hydrogen) atoms. The zero-order valence-electron chi connectivity index (χ0n) is 16.9. The summed E-state index contributed by atoms with van der Waals surface area (Å²) in [6, 6.07) is 14.9. The lowest BCUT2D eigenvalue weighted by molar-refractivity contribution is -0.120. The minimum atomic E-state index is -0.320. The number of carbonyl (C=O) groups is 3. The van der Waals surface area contributed by atoms with Crippen LogP contribution in [0.3, 0.4) is 0 Å². The van der Waals surface area contributed by atoms with Gasteiger partial charge in [-0.15, -0.1) is 0 Å². The number of carbonyl (C=O) groups excluding carboxylic acids is 3. The van der Waals surface area contributed by atoms with Gasteiger partial charge in [0.25, 0.3) is 5.91 Å². The van der Waals surface area contributed by atoms with Gasteiger partial charge in [-0.25, -0.2) is 0 Å².